The fourth-order valence-electron chi connectivity index (χ4n) is 3.05. The second-order valence-corrected chi connectivity index (χ2v) is 6.75. The fraction of sp³-hybridized carbons (Fsp3) is 0.500. The van der Waals surface area contributed by atoms with E-state index >= 15 is 0 Å². The van der Waals surface area contributed by atoms with E-state index in [1.165, 1.54) is 6.33 Å². The first-order valence-electron chi connectivity index (χ1n) is 8.87. The molecule has 25 heavy (non-hydrogen) atoms. The Labute approximate surface area is 150 Å². The number of aromatic nitrogens is 3. The van der Waals surface area contributed by atoms with Crippen LogP contribution < -0.4 is 4.74 Å². The molecular weight excluding hydrogens is 314 g/mol. The number of benzene rings is 1. The van der Waals surface area contributed by atoms with Crippen molar-refractivity contribution in [3.63, 3.8) is 0 Å². The van der Waals surface area contributed by atoms with Gasteiger partial charge in [-0.25, -0.2) is 9.67 Å². The highest BCUT2D eigenvalue weighted by molar-refractivity contribution is 5.31. The van der Waals surface area contributed by atoms with E-state index in [0.717, 1.165) is 30.6 Å². The minimum absolute atomic E-state index is 0.0300. The molecule has 0 spiro atoms. The summed E-state index contributed by atoms with van der Waals surface area (Å²) in [6.45, 7) is 10.5. The predicted octanol–water partition coefficient (Wildman–Crippen LogP) is 3.95. The minimum atomic E-state index is -1.02. The molecule has 0 saturated heterocycles. The molecule has 0 amide bonds. The van der Waals surface area contributed by atoms with Crippen molar-refractivity contribution in [3.8, 4) is 5.75 Å². The van der Waals surface area contributed by atoms with Crippen LogP contribution in [0.3, 0.4) is 0 Å². The molecule has 2 aromatic rings. The SMILES string of the molecule is C=CC(O)(C(C)C)C(CCCCOc1ccccc1C)n1cncn1. The van der Waals surface area contributed by atoms with Gasteiger partial charge in [-0.05, 0) is 43.7 Å². The number of rotatable bonds is 10. The van der Waals surface area contributed by atoms with Crippen LogP contribution in [-0.4, -0.2) is 32.1 Å². The van der Waals surface area contributed by atoms with E-state index in [9.17, 15) is 5.11 Å². The number of nitrogens with zero attached hydrogens (tertiary/aromatic N) is 3. The maximum Gasteiger partial charge on any atom is 0.137 e. The fourth-order valence-corrected chi connectivity index (χ4v) is 3.05. The molecule has 0 saturated carbocycles. The number of ether oxygens (including phenoxy) is 1. The van der Waals surface area contributed by atoms with Gasteiger partial charge in [-0.2, -0.15) is 5.10 Å². The molecule has 0 aliphatic heterocycles. The van der Waals surface area contributed by atoms with Gasteiger partial charge in [0.2, 0.25) is 0 Å². The van der Waals surface area contributed by atoms with E-state index in [1.54, 1.807) is 17.1 Å². The normalized spacial score (nSPS) is 14.9. The Morgan fingerprint density at radius 1 is 1.32 bits per heavy atom. The Morgan fingerprint density at radius 2 is 2.08 bits per heavy atom. The lowest BCUT2D eigenvalue weighted by molar-refractivity contribution is -0.0165. The molecule has 2 atom stereocenters. The molecule has 0 fully saturated rings. The molecule has 0 aliphatic carbocycles. The zero-order valence-corrected chi connectivity index (χ0v) is 15.4. The van der Waals surface area contributed by atoms with Gasteiger partial charge in [0.15, 0.2) is 0 Å². The third kappa shape index (κ3) is 4.69. The number of hydrogen-bond acceptors (Lipinski definition) is 4. The van der Waals surface area contributed by atoms with Crippen LogP contribution in [-0.2, 0) is 0 Å². The molecule has 1 aromatic heterocycles. The highest BCUT2D eigenvalue weighted by Crippen LogP contribution is 2.34. The zero-order chi connectivity index (χ0) is 18.3. The Balaban J connectivity index is 1.92. The quantitative estimate of drug-likeness (QED) is 0.524. The van der Waals surface area contributed by atoms with E-state index in [1.807, 2.05) is 45.0 Å². The number of aliphatic hydroxyl groups is 1. The maximum atomic E-state index is 11.1. The summed E-state index contributed by atoms with van der Waals surface area (Å²) in [7, 11) is 0. The Morgan fingerprint density at radius 3 is 2.68 bits per heavy atom. The van der Waals surface area contributed by atoms with Gasteiger partial charge in [0.25, 0.3) is 0 Å². The summed E-state index contributed by atoms with van der Waals surface area (Å²) in [4.78, 5) is 4.03. The number of aryl methyl sites for hydroxylation is 1. The smallest absolute Gasteiger partial charge is 0.137 e. The summed E-state index contributed by atoms with van der Waals surface area (Å²) in [6.07, 6.45) is 7.39. The van der Waals surface area contributed by atoms with Gasteiger partial charge in [-0.1, -0.05) is 38.1 Å². The van der Waals surface area contributed by atoms with Crippen LogP contribution in [0.4, 0.5) is 0 Å². The third-order valence-electron chi connectivity index (χ3n) is 4.76. The summed E-state index contributed by atoms with van der Waals surface area (Å²) in [5.41, 5.74) is 0.119. The van der Waals surface area contributed by atoms with Crippen molar-refractivity contribution in [3.05, 3.63) is 55.1 Å². The average molecular weight is 343 g/mol. The molecule has 0 bridgehead atoms. The van der Waals surface area contributed by atoms with Crippen molar-refractivity contribution in [1.29, 1.82) is 0 Å². The third-order valence-corrected chi connectivity index (χ3v) is 4.76. The Hall–Kier alpha value is -2.14. The van der Waals surface area contributed by atoms with Crippen molar-refractivity contribution in [2.75, 3.05) is 6.61 Å². The van der Waals surface area contributed by atoms with Crippen LogP contribution >= 0.6 is 0 Å². The lowest BCUT2D eigenvalue weighted by Crippen LogP contribution is -2.42. The van der Waals surface area contributed by atoms with Crippen molar-refractivity contribution >= 4 is 0 Å². The first-order chi connectivity index (χ1) is 12.0. The first kappa shape index (κ1) is 19.2. The van der Waals surface area contributed by atoms with Gasteiger partial charge in [0.05, 0.1) is 12.6 Å². The highest BCUT2D eigenvalue weighted by atomic mass is 16.5. The van der Waals surface area contributed by atoms with Crippen LogP contribution in [0.25, 0.3) is 0 Å². The van der Waals surface area contributed by atoms with E-state index in [-0.39, 0.29) is 12.0 Å². The molecule has 136 valence electrons. The van der Waals surface area contributed by atoms with Crippen LogP contribution in [0.15, 0.2) is 49.6 Å². The van der Waals surface area contributed by atoms with Crippen molar-refractivity contribution < 1.29 is 9.84 Å². The summed E-state index contributed by atoms with van der Waals surface area (Å²) < 4.78 is 7.59. The second kappa shape index (κ2) is 8.81. The van der Waals surface area contributed by atoms with Gasteiger partial charge < -0.3 is 9.84 Å². The highest BCUT2D eigenvalue weighted by Gasteiger charge is 2.38. The van der Waals surface area contributed by atoms with Gasteiger partial charge in [0.1, 0.15) is 24.0 Å². The number of hydrogen-bond donors (Lipinski definition) is 1. The largest absolute Gasteiger partial charge is 0.493 e. The van der Waals surface area contributed by atoms with Crippen molar-refractivity contribution in [2.45, 2.75) is 51.7 Å². The Bertz CT molecular complexity index is 655. The molecule has 1 aromatic carbocycles. The number of unbranched alkanes of at least 4 members (excludes halogenated alkanes) is 1. The minimum Gasteiger partial charge on any atom is -0.493 e. The molecule has 2 rings (SSSR count). The zero-order valence-electron chi connectivity index (χ0n) is 15.4. The molecule has 5 nitrogen and oxygen atoms in total. The van der Waals surface area contributed by atoms with Crippen molar-refractivity contribution in [2.24, 2.45) is 5.92 Å². The van der Waals surface area contributed by atoms with E-state index in [0.29, 0.717) is 6.61 Å². The molecule has 1 heterocycles. The van der Waals surface area contributed by atoms with Crippen LogP contribution in [0.2, 0.25) is 0 Å². The second-order valence-electron chi connectivity index (χ2n) is 6.75. The van der Waals surface area contributed by atoms with Crippen LogP contribution in [0.1, 0.15) is 44.7 Å². The predicted molar refractivity (Wildman–Crippen MR) is 99.6 cm³/mol. The summed E-state index contributed by atoms with van der Waals surface area (Å²) >= 11 is 0. The lowest BCUT2D eigenvalue weighted by Gasteiger charge is -2.37. The summed E-state index contributed by atoms with van der Waals surface area (Å²) in [5, 5.41) is 15.3. The number of para-hydroxylation sites is 1. The standard InChI is InChI=1S/C20H29N3O2/c1-5-20(24,16(2)3)19(23-15-21-14-22-23)12-8-9-13-25-18-11-7-6-10-17(18)4/h5-7,10-11,14-16,19,24H,1,8-9,12-13H2,2-4H3. The molecule has 1 N–H and O–H groups in total. The van der Waals surface area contributed by atoms with E-state index in [4.69, 9.17) is 4.74 Å². The first-order valence-corrected chi connectivity index (χ1v) is 8.87. The molecular formula is C20H29N3O2. The van der Waals surface area contributed by atoms with Crippen LogP contribution in [0, 0.1) is 12.8 Å². The lowest BCUT2D eigenvalue weighted by atomic mass is 9.81. The average Bonchev–Trinajstić information content (AvgIpc) is 3.12. The van der Waals surface area contributed by atoms with Gasteiger partial charge in [-0.3, -0.25) is 0 Å². The van der Waals surface area contributed by atoms with Gasteiger partial charge in [-0.15, -0.1) is 6.58 Å². The monoisotopic (exact) mass is 343 g/mol. The van der Waals surface area contributed by atoms with Gasteiger partial charge in [0, 0.05) is 0 Å². The maximum absolute atomic E-state index is 11.1. The summed E-state index contributed by atoms with van der Waals surface area (Å²) in [5.74, 6) is 0.961. The van der Waals surface area contributed by atoms with E-state index in [2.05, 4.69) is 16.7 Å². The molecule has 5 heteroatoms. The van der Waals surface area contributed by atoms with E-state index < -0.39 is 5.60 Å². The Kier molecular flexibility index (Phi) is 6.76. The van der Waals surface area contributed by atoms with Gasteiger partial charge >= 0.3 is 0 Å². The van der Waals surface area contributed by atoms with Crippen LogP contribution in [0.5, 0.6) is 5.75 Å². The summed E-state index contributed by atoms with van der Waals surface area (Å²) in [6, 6.07) is 7.83. The molecule has 0 radical (unpaired) electrons. The topological polar surface area (TPSA) is 60.2 Å². The molecule has 0 aliphatic rings. The van der Waals surface area contributed by atoms with Crippen molar-refractivity contribution in [1.82, 2.24) is 14.8 Å². The molecule has 2 unspecified atom stereocenters.